The van der Waals surface area contributed by atoms with Gasteiger partial charge in [-0.15, -0.1) is 0 Å². The van der Waals surface area contributed by atoms with Crippen molar-refractivity contribution in [2.24, 2.45) is 11.3 Å². The lowest BCUT2D eigenvalue weighted by Crippen LogP contribution is -2.38. The van der Waals surface area contributed by atoms with E-state index in [9.17, 15) is 35.9 Å². The Hall–Kier alpha value is -1.48. The summed E-state index contributed by atoms with van der Waals surface area (Å²) < 4.78 is 81.2. The Kier molecular flexibility index (Phi) is 8.73. The van der Waals surface area contributed by atoms with E-state index in [-0.39, 0.29) is 0 Å². The maximum absolute atomic E-state index is 12.2. The lowest BCUT2D eigenvalue weighted by atomic mass is 9.70. The van der Waals surface area contributed by atoms with Crippen LogP contribution in [-0.2, 0) is 19.1 Å². The number of hydrogen-bond acceptors (Lipinski definition) is 4. The van der Waals surface area contributed by atoms with Crippen LogP contribution in [0.3, 0.4) is 0 Å². The van der Waals surface area contributed by atoms with Gasteiger partial charge in [0.2, 0.25) is 0 Å². The molecule has 148 valence electrons. The Morgan fingerprint density at radius 3 is 1.80 bits per heavy atom. The van der Waals surface area contributed by atoms with Gasteiger partial charge in [0.1, 0.15) is 0 Å². The molecular weight excluding hydrogens is 358 g/mol. The van der Waals surface area contributed by atoms with Crippen LogP contribution < -0.4 is 0 Å². The summed E-state index contributed by atoms with van der Waals surface area (Å²) in [5.41, 5.74) is -0.908. The van der Waals surface area contributed by atoms with Crippen molar-refractivity contribution in [3.05, 3.63) is 0 Å². The van der Waals surface area contributed by atoms with Crippen LogP contribution in [0, 0.1) is 11.3 Å². The van der Waals surface area contributed by atoms with E-state index in [2.05, 4.69) is 9.47 Å². The summed E-state index contributed by atoms with van der Waals surface area (Å²) in [7, 11) is 0. The second-order valence-electron chi connectivity index (χ2n) is 6.01. The van der Waals surface area contributed by atoms with Crippen LogP contribution in [-0.4, -0.2) is 37.5 Å². The van der Waals surface area contributed by atoms with E-state index in [4.69, 9.17) is 0 Å². The SMILES string of the molecule is CCCC(C)(CC)C(CC(=O)OCC(F)(F)F)C(=O)OCC(F)(F)F. The first-order chi connectivity index (χ1) is 11.2. The molecule has 0 N–H and O–H groups in total. The maximum Gasteiger partial charge on any atom is 0.422 e. The molecule has 0 aromatic heterocycles. The molecule has 0 amide bonds. The average Bonchev–Trinajstić information content (AvgIpc) is 2.47. The normalized spacial score (nSPS) is 16.0. The standard InChI is InChI=1S/C15H22F6O4/c1-4-6-13(3,5-2)10(12(23)25-9-15(19,20)21)7-11(22)24-8-14(16,17)18/h10H,4-9H2,1-3H3. The molecule has 2 unspecified atom stereocenters. The van der Waals surface area contributed by atoms with E-state index in [0.717, 1.165) is 0 Å². The van der Waals surface area contributed by atoms with Crippen LogP contribution in [0.4, 0.5) is 26.3 Å². The Morgan fingerprint density at radius 2 is 1.40 bits per heavy atom. The third-order valence-corrected chi connectivity index (χ3v) is 3.90. The number of hydrogen-bond donors (Lipinski definition) is 0. The quantitative estimate of drug-likeness (QED) is 0.439. The van der Waals surface area contributed by atoms with E-state index in [0.29, 0.717) is 19.3 Å². The topological polar surface area (TPSA) is 52.6 Å². The van der Waals surface area contributed by atoms with Gasteiger partial charge in [-0.05, 0) is 18.3 Å². The van der Waals surface area contributed by atoms with Crippen molar-refractivity contribution < 1.29 is 45.4 Å². The fourth-order valence-corrected chi connectivity index (χ4v) is 2.42. The molecule has 0 saturated carbocycles. The van der Waals surface area contributed by atoms with Crippen molar-refractivity contribution in [1.29, 1.82) is 0 Å². The van der Waals surface area contributed by atoms with Gasteiger partial charge >= 0.3 is 24.3 Å². The maximum atomic E-state index is 12.2. The Morgan fingerprint density at radius 1 is 0.920 bits per heavy atom. The van der Waals surface area contributed by atoms with E-state index in [1.54, 1.807) is 20.8 Å². The van der Waals surface area contributed by atoms with Crippen molar-refractivity contribution >= 4 is 11.9 Å². The first-order valence-electron chi connectivity index (χ1n) is 7.70. The highest BCUT2D eigenvalue weighted by molar-refractivity contribution is 5.80. The number of carbonyl (C=O) groups is 2. The molecule has 0 fully saturated rings. The fraction of sp³-hybridized carbons (Fsp3) is 0.867. The summed E-state index contributed by atoms with van der Waals surface area (Å²) in [6.07, 6.45) is -9.01. The molecule has 0 bridgehead atoms. The Labute approximate surface area is 141 Å². The summed E-state index contributed by atoms with van der Waals surface area (Å²) >= 11 is 0. The molecule has 0 spiro atoms. The van der Waals surface area contributed by atoms with Gasteiger partial charge in [0, 0.05) is 0 Å². The monoisotopic (exact) mass is 380 g/mol. The minimum atomic E-state index is -4.75. The Balaban J connectivity index is 5.19. The number of rotatable bonds is 9. The van der Waals surface area contributed by atoms with E-state index < -0.39 is 55.3 Å². The highest BCUT2D eigenvalue weighted by Crippen LogP contribution is 2.39. The summed E-state index contributed by atoms with van der Waals surface area (Å²) in [6.45, 7) is 1.36. The molecule has 0 saturated heterocycles. The predicted molar refractivity (Wildman–Crippen MR) is 75.4 cm³/mol. The Bertz CT molecular complexity index is 446. The molecule has 10 heteroatoms. The lowest BCUT2D eigenvalue weighted by molar-refractivity contribution is -0.196. The molecular formula is C15H22F6O4. The van der Waals surface area contributed by atoms with Crippen molar-refractivity contribution in [1.82, 2.24) is 0 Å². The van der Waals surface area contributed by atoms with Crippen LogP contribution in [0.5, 0.6) is 0 Å². The smallest absolute Gasteiger partial charge is 0.422 e. The van der Waals surface area contributed by atoms with Gasteiger partial charge in [0.05, 0.1) is 12.3 Å². The molecule has 0 radical (unpaired) electrons. The average molecular weight is 380 g/mol. The number of esters is 2. The first kappa shape index (κ1) is 23.5. The highest BCUT2D eigenvalue weighted by atomic mass is 19.4. The van der Waals surface area contributed by atoms with Crippen LogP contribution in [0.1, 0.15) is 46.5 Å². The highest BCUT2D eigenvalue weighted by Gasteiger charge is 2.42. The minimum Gasteiger partial charge on any atom is -0.456 e. The van der Waals surface area contributed by atoms with E-state index in [1.807, 2.05) is 0 Å². The number of carbonyl (C=O) groups excluding carboxylic acids is 2. The fourth-order valence-electron chi connectivity index (χ4n) is 2.42. The van der Waals surface area contributed by atoms with Crippen LogP contribution in [0.15, 0.2) is 0 Å². The molecule has 0 rings (SSSR count). The summed E-state index contributed by atoms with van der Waals surface area (Å²) in [4.78, 5) is 23.7. The van der Waals surface area contributed by atoms with Gasteiger partial charge in [0.15, 0.2) is 13.2 Å². The third-order valence-electron chi connectivity index (χ3n) is 3.90. The number of alkyl halides is 6. The van der Waals surface area contributed by atoms with Gasteiger partial charge in [-0.2, -0.15) is 26.3 Å². The van der Waals surface area contributed by atoms with Crippen LogP contribution in [0.2, 0.25) is 0 Å². The van der Waals surface area contributed by atoms with Crippen molar-refractivity contribution in [2.75, 3.05) is 13.2 Å². The molecule has 2 atom stereocenters. The van der Waals surface area contributed by atoms with Gasteiger partial charge < -0.3 is 9.47 Å². The molecule has 0 aliphatic carbocycles. The lowest BCUT2D eigenvalue weighted by Gasteiger charge is -2.35. The van der Waals surface area contributed by atoms with Gasteiger partial charge in [-0.3, -0.25) is 9.59 Å². The zero-order chi connectivity index (χ0) is 19.9. The molecule has 0 aromatic carbocycles. The zero-order valence-electron chi connectivity index (χ0n) is 14.2. The van der Waals surface area contributed by atoms with E-state index >= 15 is 0 Å². The first-order valence-corrected chi connectivity index (χ1v) is 7.70. The second kappa shape index (κ2) is 9.28. The van der Waals surface area contributed by atoms with Gasteiger partial charge in [-0.1, -0.05) is 27.2 Å². The molecule has 25 heavy (non-hydrogen) atoms. The molecule has 0 heterocycles. The number of ether oxygens (including phenoxy) is 2. The molecule has 0 aliphatic rings. The molecule has 4 nitrogen and oxygen atoms in total. The largest absolute Gasteiger partial charge is 0.456 e. The van der Waals surface area contributed by atoms with Gasteiger partial charge in [-0.25, -0.2) is 0 Å². The minimum absolute atomic E-state index is 0.319. The zero-order valence-corrected chi connectivity index (χ0v) is 14.2. The second-order valence-corrected chi connectivity index (χ2v) is 6.01. The summed E-state index contributed by atoms with van der Waals surface area (Å²) in [5, 5.41) is 0. The summed E-state index contributed by atoms with van der Waals surface area (Å²) in [6, 6.07) is 0. The van der Waals surface area contributed by atoms with Crippen LogP contribution >= 0.6 is 0 Å². The number of halogens is 6. The van der Waals surface area contributed by atoms with Crippen LogP contribution in [0.25, 0.3) is 0 Å². The van der Waals surface area contributed by atoms with E-state index in [1.165, 1.54) is 0 Å². The van der Waals surface area contributed by atoms with Crippen molar-refractivity contribution in [3.63, 3.8) is 0 Å². The molecule has 0 aliphatic heterocycles. The van der Waals surface area contributed by atoms with Crippen molar-refractivity contribution in [3.8, 4) is 0 Å². The predicted octanol–water partition coefficient (Wildman–Crippen LogP) is 4.42. The summed E-state index contributed by atoms with van der Waals surface area (Å²) in [5.74, 6) is -3.93. The third kappa shape index (κ3) is 9.54. The van der Waals surface area contributed by atoms with Gasteiger partial charge in [0.25, 0.3) is 0 Å². The van der Waals surface area contributed by atoms with Crippen molar-refractivity contribution in [2.45, 2.75) is 58.8 Å². The molecule has 0 aromatic rings.